The van der Waals surface area contributed by atoms with Gasteiger partial charge >= 0.3 is 0 Å². The summed E-state index contributed by atoms with van der Waals surface area (Å²) in [5.41, 5.74) is 1.45. The van der Waals surface area contributed by atoms with E-state index in [0.29, 0.717) is 11.4 Å². The van der Waals surface area contributed by atoms with Gasteiger partial charge in [0.05, 0.1) is 11.7 Å². The van der Waals surface area contributed by atoms with Crippen molar-refractivity contribution in [2.24, 2.45) is 0 Å². The number of H-pyrrole nitrogens is 1. The van der Waals surface area contributed by atoms with Crippen molar-refractivity contribution in [3.63, 3.8) is 0 Å². The van der Waals surface area contributed by atoms with E-state index in [1.54, 1.807) is 29.9 Å². The maximum atomic E-state index is 12.1. The molecular formula is C13H13N7O. The van der Waals surface area contributed by atoms with Gasteiger partial charge in [-0.1, -0.05) is 5.21 Å². The fourth-order valence-corrected chi connectivity index (χ4v) is 1.88. The molecule has 0 spiro atoms. The number of carbonyl (C=O) groups is 1. The smallest absolute Gasteiger partial charge is 0.251 e. The second-order valence-corrected chi connectivity index (χ2v) is 4.46. The summed E-state index contributed by atoms with van der Waals surface area (Å²) in [4.78, 5) is 12.1. The fraction of sp³-hybridized carbons (Fsp3) is 0.154. The number of nitrogens with one attached hydrogen (secondary N) is 2. The molecule has 21 heavy (non-hydrogen) atoms. The molecular weight excluding hydrogens is 270 g/mol. The van der Waals surface area contributed by atoms with E-state index in [9.17, 15) is 4.79 Å². The number of amides is 1. The molecule has 0 aliphatic heterocycles. The Hall–Kier alpha value is -3.03. The minimum atomic E-state index is -0.318. The van der Waals surface area contributed by atoms with Crippen LogP contribution in [0.5, 0.6) is 0 Å². The highest BCUT2D eigenvalue weighted by molar-refractivity contribution is 5.94. The second-order valence-electron chi connectivity index (χ2n) is 4.46. The van der Waals surface area contributed by atoms with Gasteiger partial charge in [0.1, 0.15) is 0 Å². The van der Waals surface area contributed by atoms with Gasteiger partial charge in [-0.3, -0.25) is 4.79 Å². The van der Waals surface area contributed by atoms with Crippen molar-refractivity contribution in [1.29, 1.82) is 0 Å². The van der Waals surface area contributed by atoms with E-state index < -0.39 is 0 Å². The summed E-state index contributed by atoms with van der Waals surface area (Å²) in [6, 6.07) is 8.68. The Morgan fingerprint density at radius 2 is 2.14 bits per heavy atom. The first-order valence-corrected chi connectivity index (χ1v) is 6.38. The molecule has 0 saturated heterocycles. The molecule has 2 aromatic heterocycles. The van der Waals surface area contributed by atoms with Gasteiger partial charge < -0.3 is 5.32 Å². The summed E-state index contributed by atoms with van der Waals surface area (Å²) in [6.07, 6.45) is 3.54. The highest BCUT2D eigenvalue weighted by Crippen LogP contribution is 2.10. The lowest BCUT2D eigenvalue weighted by atomic mass is 10.2. The predicted octanol–water partition coefficient (Wildman–Crippen LogP) is 0.876. The Labute approximate surface area is 120 Å². The van der Waals surface area contributed by atoms with Crippen molar-refractivity contribution in [3.8, 4) is 5.69 Å². The molecule has 3 rings (SSSR count). The summed E-state index contributed by atoms with van der Waals surface area (Å²) in [6.45, 7) is 1.79. The van der Waals surface area contributed by atoms with Crippen LogP contribution in [0.25, 0.3) is 5.69 Å². The van der Waals surface area contributed by atoms with E-state index in [1.807, 2.05) is 24.4 Å². The molecule has 3 aromatic rings. The maximum absolute atomic E-state index is 12.1. The lowest BCUT2D eigenvalue weighted by molar-refractivity contribution is 0.0938. The van der Waals surface area contributed by atoms with Crippen LogP contribution in [0.3, 0.4) is 0 Å². The topological polar surface area (TPSA) is 101 Å². The summed E-state index contributed by atoms with van der Waals surface area (Å²) < 4.78 is 1.73. The lowest BCUT2D eigenvalue weighted by Gasteiger charge is -2.10. The third-order valence-corrected chi connectivity index (χ3v) is 3.00. The van der Waals surface area contributed by atoms with Crippen LogP contribution in [-0.4, -0.2) is 36.3 Å². The lowest BCUT2D eigenvalue weighted by Crippen LogP contribution is -2.27. The maximum Gasteiger partial charge on any atom is 0.251 e. The molecule has 0 saturated carbocycles. The zero-order valence-electron chi connectivity index (χ0n) is 11.3. The monoisotopic (exact) mass is 283 g/mol. The largest absolute Gasteiger partial charge is 0.342 e. The number of hydrogen-bond donors (Lipinski definition) is 2. The Kier molecular flexibility index (Phi) is 3.42. The van der Waals surface area contributed by atoms with Crippen LogP contribution in [0.1, 0.15) is 29.1 Å². The first-order chi connectivity index (χ1) is 10.2. The summed E-state index contributed by atoms with van der Waals surface area (Å²) in [5.74, 6) is 0.246. The van der Waals surface area contributed by atoms with Gasteiger partial charge in [-0.05, 0) is 37.3 Å². The van der Waals surface area contributed by atoms with Crippen molar-refractivity contribution in [2.75, 3.05) is 0 Å². The number of carbonyl (C=O) groups excluding carboxylic acids is 1. The van der Waals surface area contributed by atoms with E-state index in [2.05, 4.69) is 31.0 Å². The molecule has 2 heterocycles. The van der Waals surface area contributed by atoms with Crippen LogP contribution in [0.4, 0.5) is 0 Å². The molecule has 0 radical (unpaired) electrons. The molecule has 8 heteroatoms. The molecule has 8 nitrogen and oxygen atoms in total. The van der Waals surface area contributed by atoms with Gasteiger partial charge in [0.2, 0.25) is 0 Å². The SMILES string of the molecule is CC(NC(=O)c1ccc(-n2cccn2)cc1)c1nn[nH]n1. The molecule has 0 fully saturated rings. The number of aromatic amines is 1. The third kappa shape index (κ3) is 2.78. The quantitative estimate of drug-likeness (QED) is 0.740. The molecule has 1 amide bonds. The first kappa shape index (κ1) is 13.0. The number of benzene rings is 1. The predicted molar refractivity (Wildman–Crippen MR) is 73.6 cm³/mol. The Morgan fingerprint density at radius 3 is 2.76 bits per heavy atom. The fourth-order valence-electron chi connectivity index (χ4n) is 1.88. The third-order valence-electron chi connectivity index (χ3n) is 3.00. The van der Waals surface area contributed by atoms with Gasteiger partial charge in [-0.25, -0.2) is 4.68 Å². The number of aromatic nitrogens is 6. The minimum Gasteiger partial charge on any atom is -0.342 e. The summed E-state index contributed by atoms with van der Waals surface area (Å²) >= 11 is 0. The van der Waals surface area contributed by atoms with Crippen LogP contribution in [0.2, 0.25) is 0 Å². The molecule has 1 aromatic carbocycles. The van der Waals surface area contributed by atoms with Crippen LogP contribution in [0, 0.1) is 0 Å². The molecule has 2 N–H and O–H groups in total. The van der Waals surface area contributed by atoms with Crippen LogP contribution in [-0.2, 0) is 0 Å². The zero-order valence-corrected chi connectivity index (χ0v) is 11.3. The van der Waals surface area contributed by atoms with E-state index in [-0.39, 0.29) is 11.9 Å². The van der Waals surface area contributed by atoms with Gasteiger partial charge in [0.15, 0.2) is 5.82 Å². The van der Waals surface area contributed by atoms with E-state index in [1.165, 1.54) is 0 Å². The first-order valence-electron chi connectivity index (χ1n) is 6.38. The Bertz CT molecular complexity index is 704. The number of nitrogens with zero attached hydrogens (tertiary/aromatic N) is 5. The van der Waals surface area contributed by atoms with E-state index in [0.717, 1.165) is 5.69 Å². The standard InChI is InChI=1S/C13H13N7O/c1-9(12-16-18-19-17-12)15-13(21)10-3-5-11(6-4-10)20-8-2-7-14-20/h2-9H,1H3,(H,15,21)(H,16,17,18,19). The normalized spacial score (nSPS) is 12.0. The van der Waals surface area contributed by atoms with Gasteiger partial charge in [0, 0.05) is 18.0 Å². The molecule has 0 aliphatic rings. The van der Waals surface area contributed by atoms with Crippen molar-refractivity contribution in [2.45, 2.75) is 13.0 Å². The number of hydrogen-bond acceptors (Lipinski definition) is 5. The van der Waals surface area contributed by atoms with Crippen molar-refractivity contribution in [1.82, 2.24) is 35.7 Å². The minimum absolute atomic E-state index is 0.195. The second kappa shape index (κ2) is 5.53. The van der Waals surface area contributed by atoms with Gasteiger partial charge in [-0.2, -0.15) is 10.3 Å². The van der Waals surface area contributed by atoms with Crippen molar-refractivity contribution < 1.29 is 4.79 Å². The summed E-state index contributed by atoms with van der Waals surface area (Å²) in [7, 11) is 0. The summed E-state index contributed by atoms with van der Waals surface area (Å²) in [5, 5.41) is 20.4. The van der Waals surface area contributed by atoms with Crippen LogP contribution in [0.15, 0.2) is 42.7 Å². The van der Waals surface area contributed by atoms with Crippen LogP contribution < -0.4 is 5.32 Å². The highest BCUT2D eigenvalue weighted by Gasteiger charge is 2.14. The van der Waals surface area contributed by atoms with Crippen molar-refractivity contribution in [3.05, 3.63) is 54.1 Å². The average Bonchev–Trinajstić information content (AvgIpc) is 3.20. The Morgan fingerprint density at radius 1 is 1.33 bits per heavy atom. The van der Waals surface area contributed by atoms with Gasteiger partial charge in [0.25, 0.3) is 5.91 Å². The number of rotatable bonds is 4. The molecule has 1 unspecified atom stereocenters. The molecule has 0 aliphatic carbocycles. The molecule has 0 bridgehead atoms. The van der Waals surface area contributed by atoms with Gasteiger partial charge in [-0.15, -0.1) is 10.2 Å². The highest BCUT2D eigenvalue weighted by atomic mass is 16.1. The number of tetrazole rings is 1. The van der Waals surface area contributed by atoms with E-state index >= 15 is 0 Å². The average molecular weight is 283 g/mol. The van der Waals surface area contributed by atoms with Crippen molar-refractivity contribution >= 4 is 5.91 Å². The van der Waals surface area contributed by atoms with Crippen LogP contribution >= 0.6 is 0 Å². The molecule has 106 valence electrons. The molecule has 1 atom stereocenters. The Balaban J connectivity index is 1.70. The zero-order chi connectivity index (χ0) is 14.7. The van der Waals surface area contributed by atoms with E-state index in [4.69, 9.17) is 0 Å².